The van der Waals surface area contributed by atoms with Crippen LogP contribution in [-0.4, -0.2) is 32.9 Å². The first kappa shape index (κ1) is 8.96. The van der Waals surface area contributed by atoms with Crippen LogP contribution in [0.1, 0.15) is 5.69 Å². The summed E-state index contributed by atoms with van der Waals surface area (Å²) in [7, 11) is 0. The van der Waals surface area contributed by atoms with E-state index in [1.54, 1.807) is 10.7 Å². The number of aliphatic hydroxyl groups is 1. The number of aryl methyl sites for hydroxylation is 1. The molecule has 0 aliphatic heterocycles. The van der Waals surface area contributed by atoms with Gasteiger partial charge in [-0.15, -0.1) is 0 Å². The maximum Gasteiger partial charge on any atom is 0.157 e. The second kappa shape index (κ2) is 3.63. The molecule has 2 aromatic heterocycles. The summed E-state index contributed by atoms with van der Waals surface area (Å²) >= 11 is 0. The third kappa shape index (κ3) is 1.54. The van der Waals surface area contributed by atoms with Gasteiger partial charge in [-0.2, -0.15) is 9.61 Å². The predicted octanol–water partition coefficient (Wildman–Crippen LogP) is 0.442. The largest absolute Gasteiger partial charge is 0.395 e. The summed E-state index contributed by atoms with van der Waals surface area (Å²) in [5, 5.41) is 15.9. The van der Waals surface area contributed by atoms with Crippen LogP contribution >= 0.6 is 0 Å². The Hall–Kier alpha value is -1.62. The van der Waals surface area contributed by atoms with E-state index in [0.717, 1.165) is 17.2 Å². The molecular weight excluding hydrogens is 180 g/mol. The van der Waals surface area contributed by atoms with Crippen LogP contribution in [-0.2, 0) is 0 Å². The van der Waals surface area contributed by atoms with Gasteiger partial charge in [0, 0.05) is 24.4 Å². The zero-order valence-electron chi connectivity index (χ0n) is 7.94. The maximum absolute atomic E-state index is 8.71. The first-order valence-electron chi connectivity index (χ1n) is 4.47. The molecule has 5 heteroatoms. The zero-order chi connectivity index (χ0) is 9.97. The van der Waals surface area contributed by atoms with Crippen LogP contribution < -0.4 is 5.32 Å². The van der Waals surface area contributed by atoms with Crippen molar-refractivity contribution in [2.75, 3.05) is 18.5 Å². The first-order chi connectivity index (χ1) is 6.81. The number of nitrogens with one attached hydrogen (secondary N) is 1. The number of aromatic nitrogens is 3. The summed E-state index contributed by atoms with van der Waals surface area (Å²) in [6.07, 6.45) is 1.70. The number of rotatable bonds is 3. The Bertz CT molecular complexity index is 437. The Morgan fingerprint density at radius 2 is 2.43 bits per heavy atom. The van der Waals surface area contributed by atoms with Gasteiger partial charge in [-0.25, -0.2) is 4.98 Å². The molecule has 0 saturated heterocycles. The van der Waals surface area contributed by atoms with Crippen LogP contribution in [0.3, 0.4) is 0 Å². The summed E-state index contributed by atoms with van der Waals surface area (Å²) in [6.45, 7) is 2.54. The van der Waals surface area contributed by atoms with Gasteiger partial charge in [0.1, 0.15) is 5.82 Å². The van der Waals surface area contributed by atoms with E-state index in [1.165, 1.54) is 0 Å². The summed E-state index contributed by atoms with van der Waals surface area (Å²) in [4.78, 5) is 4.30. The molecule has 2 heterocycles. The molecule has 0 aliphatic rings. The molecule has 0 aliphatic carbocycles. The van der Waals surface area contributed by atoms with Crippen molar-refractivity contribution in [3.05, 3.63) is 24.0 Å². The van der Waals surface area contributed by atoms with Gasteiger partial charge in [0.25, 0.3) is 0 Å². The van der Waals surface area contributed by atoms with Crippen LogP contribution in [0.15, 0.2) is 18.3 Å². The molecule has 0 amide bonds. The number of aliphatic hydroxyl groups excluding tert-OH is 1. The van der Waals surface area contributed by atoms with E-state index in [-0.39, 0.29) is 6.61 Å². The van der Waals surface area contributed by atoms with Gasteiger partial charge in [0.15, 0.2) is 5.65 Å². The van der Waals surface area contributed by atoms with Crippen LogP contribution in [0.2, 0.25) is 0 Å². The molecule has 0 aromatic carbocycles. The normalized spacial score (nSPS) is 10.7. The Morgan fingerprint density at radius 3 is 3.21 bits per heavy atom. The highest BCUT2D eigenvalue weighted by molar-refractivity contribution is 5.48. The smallest absolute Gasteiger partial charge is 0.157 e. The summed E-state index contributed by atoms with van der Waals surface area (Å²) < 4.78 is 1.71. The molecule has 5 nitrogen and oxygen atoms in total. The Kier molecular flexibility index (Phi) is 2.32. The topological polar surface area (TPSA) is 62.5 Å². The maximum atomic E-state index is 8.71. The van der Waals surface area contributed by atoms with E-state index in [9.17, 15) is 0 Å². The van der Waals surface area contributed by atoms with Crippen LogP contribution in [0.5, 0.6) is 0 Å². The highest BCUT2D eigenvalue weighted by Gasteiger charge is 2.02. The molecule has 74 valence electrons. The number of hydrogen-bond donors (Lipinski definition) is 2. The molecule has 0 radical (unpaired) electrons. The molecule has 2 N–H and O–H groups in total. The van der Waals surface area contributed by atoms with Gasteiger partial charge >= 0.3 is 0 Å². The standard InChI is InChI=1S/C9H12N4O/c1-7-6-9(10-4-5-14)13-8(12-7)2-3-11-13/h2-3,6,10,14H,4-5H2,1H3. The van der Waals surface area contributed by atoms with E-state index < -0.39 is 0 Å². The van der Waals surface area contributed by atoms with Gasteiger partial charge in [0.2, 0.25) is 0 Å². The molecule has 2 aromatic rings. The highest BCUT2D eigenvalue weighted by Crippen LogP contribution is 2.10. The van der Waals surface area contributed by atoms with Crippen molar-refractivity contribution in [3.63, 3.8) is 0 Å². The third-order valence-electron chi connectivity index (χ3n) is 1.91. The van der Waals surface area contributed by atoms with Crippen molar-refractivity contribution >= 4 is 11.5 Å². The summed E-state index contributed by atoms with van der Waals surface area (Å²) in [5.41, 5.74) is 1.74. The van der Waals surface area contributed by atoms with Crippen molar-refractivity contribution in [2.45, 2.75) is 6.92 Å². The third-order valence-corrected chi connectivity index (χ3v) is 1.91. The van der Waals surface area contributed by atoms with E-state index in [4.69, 9.17) is 5.11 Å². The molecule has 0 fully saturated rings. The minimum absolute atomic E-state index is 0.101. The SMILES string of the molecule is Cc1cc(NCCO)n2nccc2n1. The van der Waals surface area contributed by atoms with Crippen LogP contribution in [0.4, 0.5) is 5.82 Å². The molecule has 0 atom stereocenters. The Labute approximate surface area is 81.4 Å². The highest BCUT2D eigenvalue weighted by atomic mass is 16.3. The minimum Gasteiger partial charge on any atom is -0.395 e. The van der Waals surface area contributed by atoms with Crippen molar-refractivity contribution in [3.8, 4) is 0 Å². The molecule has 0 bridgehead atoms. The second-order valence-electron chi connectivity index (χ2n) is 3.03. The second-order valence-corrected chi connectivity index (χ2v) is 3.03. The quantitative estimate of drug-likeness (QED) is 0.740. The lowest BCUT2D eigenvalue weighted by molar-refractivity contribution is 0.311. The average Bonchev–Trinajstić information content (AvgIpc) is 2.61. The van der Waals surface area contributed by atoms with E-state index in [1.807, 2.05) is 19.1 Å². The minimum atomic E-state index is 0.101. The van der Waals surface area contributed by atoms with Crippen molar-refractivity contribution < 1.29 is 5.11 Å². The Balaban J connectivity index is 2.44. The van der Waals surface area contributed by atoms with Crippen molar-refractivity contribution in [1.82, 2.24) is 14.6 Å². The molecule has 0 saturated carbocycles. The lowest BCUT2D eigenvalue weighted by Gasteiger charge is -2.07. The fraction of sp³-hybridized carbons (Fsp3) is 0.333. The fourth-order valence-electron chi connectivity index (χ4n) is 1.35. The zero-order valence-corrected chi connectivity index (χ0v) is 7.94. The van der Waals surface area contributed by atoms with Crippen molar-refractivity contribution in [1.29, 1.82) is 0 Å². The number of fused-ring (bicyclic) bond motifs is 1. The summed E-state index contributed by atoms with van der Waals surface area (Å²) in [5.74, 6) is 0.853. The van der Waals surface area contributed by atoms with E-state index >= 15 is 0 Å². The predicted molar refractivity (Wildman–Crippen MR) is 53.3 cm³/mol. The van der Waals surface area contributed by atoms with Gasteiger partial charge in [-0.1, -0.05) is 0 Å². The number of hydrogen-bond acceptors (Lipinski definition) is 4. The lowest BCUT2D eigenvalue weighted by atomic mass is 10.4. The summed E-state index contributed by atoms with van der Waals surface area (Å²) in [6, 6.07) is 3.74. The molecular formula is C9H12N4O. The molecule has 0 unspecified atom stereocenters. The lowest BCUT2D eigenvalue weighted by Crippen LogP contribution is -2.10. The van der Waals surface area contributed by atoms with E-state index in [2.05, 4.69) is 15.4 Å². The monoisotopic (exact) mass is 192 g/mol. The van der Waals surface area contributed by atoms with Crippen LogP contribution in [0, 0.1) is 6.92 Å². The first-order valence-corrected chi connectivity index (χ1v) is 4.47. The van der Waals surface area contributed by atoms with Gasteiger partial charge in [-0.3, -0.25) is 0 Å². The van der Waals surface area contributed by atoms with Crippen LogP contribution in [0.25, 0.3) is 5.65 Å². The molecule has 2 rings (SSSR count). The van der Waals surface area contributed by atoms with Gasteiger partial charge in [-0.05, 0) is 6.92 Å². The van der Waals surface area contributed by atoms with Crippen molar-refractivity contribution in [2.24, 2.45) is 0 Å². The van der Waals surface area contributed by atoms with Gasteiger partial charge < -0.3 is 10.4 Å². The average molecular weight is 192 g/mol. The molecule has 14 heavy (non-hydrogen) atoms. The van der Waals surface area contributed by atoms with Gasteiger partial charge in [0.05, 0.1) is 12.8 Å². The number of anilines is 1. The number of nitrogens with zero attached hydrogens (tertiary/aromatic N) is 3. The Morgan fingerprint density at radius 1 is 1.57 bits per heavy atom. The molecule has 0 spiro atoms. The fourth-order valence-corrected chi connectivity index (χ4v) is 1.35. The van der Waals surface area contributed by atoms with E-state index in [0.29, 0.717) is 6.54 Å².